The van der Waals surface area contributed by atoms with E-state index in [0.717, 1.165) is 6.42 Å². The van der Waals surface area contributed by atoms with Crippen LogP contribution in [0.1, 0.15) is 33.6 Å². The van der Waals surface area contributed by atoms with Gasteiger partial charge in [-0.3, -0.25) is 4.79 Å². The maximum absolute atomic E-state index is 11.7. The molecule has 0 aromatic carbocycles. The second-order valence-corrected chi connectivity index (χ2v) is 4.21. The Morgan fingerprint density at radius 2 is 2.07 bits per heavy atom. The summed E-state index contributed by atoms with van der Waals surface area (Å²) in [7, 11) is 0. The third-order valence-electron chi connectivity index (χ3n) is 2.72. The molecule has 0 aliphatic rings. The Hall–Kier alpha value is -0.610. The zero-order chi connectivity index (χ0) is 11.8. The normalized spacial score (nSPS) is 15.1. The zero-order valence-electron chi connectivity index (χ0n) is 9.99. The van der Waals surface area contributed by atoms with Gasteiger partial charge in [0.1, 0.15) is 0 Å². The molecule has 0 fully saturated rings. The third-order valence-corrected chi connectivity index (χ3v) is 2.72. The van der Waals surface area contributed by atoms with Crippen LogP contribution in [0.2, 0.25) is 0 Å². The summed E-state index contributed by atoms with van der Waals surface area (Å²) in [6, 6.07) is 0.0445. The van der Waals surface area contributed by atoms with Crippen molar-refractivity contribution in [1.29, 1.82) is 0 Å². The fourth-order valence-electron chi connectivity index (χ4n) is 1.47. The number of carbonyl (C=O) groups is 1. The summed E-state index contributed by atoms with van der Waals surface area (Å²) >= 11 is 0. The van der Waals surface area contributed by atoms with Gasteiger partial charge in [-0.2, -0.15) is 0 Å². The van der Waals surface area contributed by atoms with Crippen LogP contribution in [-0.2, 0) is 4.79 Å². The summed E-state index contributed by atoms with van der Waals surface area (Å²) in [4.78, 5) is 11.7. The number of rotatable bonds is 7. The van der Waals surface area contributed by atoms with Crippen molar-refractivity contribution < 1.29 is 9.90 Å². The van der Waals surface area contributed by atoms with Gasteiger partial charge >= 0.3 is 0 Å². The van der Waals surface area contributed by atoms with Gasteiger partial charge < -0.3 is 16.2 Å². The standard InChI is InChI=1S/C11H24N2O2/c1-4-9(7-12)11(15)13-10(5-6-14)8(2)3/h8-10,14H,4-7,12H2,1-3H3,(H,13,15). The summed E-state index contributed by atoms with van der Waals surface area (Å²) in [5, 5.41) is 11.8. The molecule has 0 saturated carbocycles. The van der Waals surface area contributed by atoms with Crippen molar-refractivity contribution in [1.82, 2.24) is 5.32 Å². The van der Waals surface area contributed by atoms with E-state index in [2.05, 4.69) is 5.32 Å². The van der Waals surface area contributed by atoms with Gasteiger partial charge in [0, 0.05) is 25.1 Å². The molecular weight excluding hydrogens is 192 g/mol. The fourth-order valence-corrected chi connectivity index (χ4v) is 1.47. The maximum atomic E-state index is 11.7. The summed E-state index contributed by atoms with van der Waals surface area (Å²) in [6.07, 6.45) is 1.36. The average molecular weight is 216 g/mol. The monoisotopic (exact) mass is 216 g/mol. The Morgan fingerprint density at radius 1 is 1.47 bits per heavy atom. The highest BCUT2D eigenvalue weighted by molar-refractivity contribution is 5.79. The van der Waals surface area contributed by atoms with E-state index in [-0.39, 0.29) is 24.5 Å². The smallest absolute Gasteiger partial charge is 0.224 e. The van der Waals surface area contributed by atoms with Crippen LogP contribution >= 0.6 is 0 Å². The van der Waals surface area contributed by atoms with Crippen LogP contribution in [0, 0.1) is 11.8 Å². The molecular formula is C11H24N2O2. The molecule has 90 valence electrons. The first kappa shape index (κ1) is 14.4. The summed E-state index contributed by atoms with van der Waals surface area (Å²) in [6.45, 7) is 6.50. The molecule has 2 unspecified atom stereocenters. The summed E-state index contributed by atoms with van der Waals surface area (Å²) in [5.74, 6) is 0.230. The second kappa shape index (κ2) is 7.65. The van der Waals surface area contributed by atoms with Gasteiger partial charge in [-0.1, -0.05) is 20.8 Å². The van der Waals surface area contributed by atoms with Gasteiger partial charge in [0.15, 0.2) is 0 Å². The molecule has 0 bridgehead atoms. The van der Waals surface area contributed by atoms with Gasteiger partial charge in [-0.05, 0) is 18.8 Å². The third kappa shape index (κ3) is 5.14. The van der Waals surface area contributed by atoms with E-state index in [1.165, 1.54) is 0 Å². The van der Waals surface area contributed by atoms with Gasteiger partial charge in [-0.25, -0.2) is 0 Å². The van der Waals surface area contributed by atoms with Crippen molar-refractivity contribution in [3.8, 4) is 0 Å². The number of hydrogen-bond donors (Lipinski definition) is 3. The highest BCUT2D eigenvalue weighted by atomic mass is 16.3. The first-order valence-corrected chi connectivity index (χ1v) is 5.68. The van der Waals surface area contributed by atoms with Crippen molar-refractivity contribution in [2.75, 3.05) is 13.2 Å². The lowest BCUT2D eigenvalue weighted by molar-refractivity contribution is -0.125. The zero-order valence-corrected chi connectivity index (χ0v) is 9.99. The van der Waals surface area contributed by atoms with E-state index < -0.39 is 0 Å². The Labute approximate surface area is 92.2 Å². The molecule has 0 aromatic rings. The van der Waals surface area contributed by atoms with E-state index in [9.17, 15) is 4.79 Å². The lowest BCUT2D eigenvalue weighted by atomic mass is 9.99. The molecule has 1 amide bonds. The van der Waals surface area contributed by atoms with E-state index in [1.807, 2.05) is 20.8 Å². The van der Waals surface area contributed by atoms with E-state index in [0.29, 0.717) is 18.9 Å². The van der Waals surface area contributed by atoms with Gasteiger partial charge in [0.25, 0.3) is 0 Å². The average Bonchev–Trinajstić information content (AvgIpc) is 2.18. The van der Waals surface area contributed by atoms with E-state index in [1.54, 1.807) is 0 Å². The predicted molar refractivity (Wildman–Crippen MR) is 61.3 cm³/mol. The molecule has 0 radical (unpaired) electrons. The number of nitrogens with one attached hydrogen (secondary N) is 1. The highest BCUT2D eigenvalue weighted by Gasteiger charge is 2.20. The molecule has 4 N–H and O–H groups in total. The number of amides is 1. The molecule has 0 aliphatic carbocycles. The minimum Gasteiger partial charge on any atom is -0.396 e. The molecule has 4 heteroatoms. The molecule has 2 atom stereocenters. The largest absolute Gasteiger partial charge is 0.396 e. The van der Waals surface area contributed by atoms with Crippen LogP contribution < -0.4 is 11.1 Å². The van der Waals surface area contributed by atoms with Crippen LogP contribution in [0.15, 0.2) is 0 Å². The van der Waals surface area contributed by atoms with E-state index in [4.69, 9.17) is 10.8 Å². The van der Waals surface area contributed by atoms with Crippen LogP contribution in [0.4, 0.5) is 0 Å². The number of hydrogen-bond acceptors (Lipinski definition) is 3. The molecule has 0 aromatic heterocycles. The van der Waals surface area contributed by atoms with Crippen molar-refractivity contribution >= 4 is 5.91 Å². The molecule has 15 heavy (non-hydrogen) atoms. The SMILES string of the molecule is CCC(CN)C(=O)NC(CCO)C(C)C. The van der Waals surface area contributed by atoms with Crippen LogP contribution in [-0.4, -0.2) is 30.2 Å². The first-order valence-electron chi connectivity index (χ1n) is 5.68. The van der Waals surface area contributed by atoms with Gasteiger partial charge in [0.05, 0.1) is 0 Å². The number of carbonyl (C=O) groups excluding carboxylic acids is 1. The van der Waals surface area contributed by atoms with Crippen molar-refractivity contribution in [2.45, 2.75) is 39.7 Å². The van der Waals surface area contributed by atoms with Crippen LogP contribution in [0.3, 0.4) is 0 Å². The lowest BCUT2D eigenvalue weighted by Gasteiger charge is -2.24. The van der Waals surface area contributed by atoms with Gasteiger partial charge in [-0.15, -0.1) is 0 Å². The minimum atomic E-state index is -0.107. The molecule has 4 nitrogen and oxygen atoms in total. The lowest BCUT2D eigenvalue weighted by Crippen LogP contribution is -2.44. The minimum absolute atomic E-state index is 0.00662. The second-order valence-electron chi connectivity index (χ2n) is 4.21. The van der Waals surface area contributed by atoms with Crippen molar-refractivity contribution in [3.63, 3.8) is 0 Å². The Kier molecular flexibility index (Phi) is 7.34. The topological polar surface area (TPSA) is 75.4 Å². The summed E-state index contributed by atoms with van der Waals surface area (Å²) < 4.78 is 0. The number of aliphatic hydroxyl groups excluding tert-OH is 1. The Morgan fingerprint density at radius 3 is 2.40 bits per heavy atom. The Bertz CT molecular complexity index is 179. The molecule has 0 rings (SSSR count). The molecule has 0 saturated heterocycles. The molecule has 0 aliphatic heterocycles. The van der Waals surface area contributed by atoms with E-state index >= 15 is 0 Å². The van der Waals surface area contributed by atoms with Crippen molar-refractivity contribution in [2.24, 2.45) is 17.6 Å². The maximum Gasteiger partial charge on any atom is 0.224 e. The van der Waals surface area contributed by atoms with Crippen LogP contribution in [0.25, 0.3) is 0 Å². The fraction of sp³-hybridized carbons (Fsp3) is 0.909. The predicted octanol–water partition coefficient (Wildman–Crippen LogP) is 0.495. The summed E-state index contributed by atoms with van der Waals surface area (Å²) in [5.41, 5.74) is 5.50. The Balaban J connectivity index is 4.20. The quantitative estimate of drug-likeness (QED) is 0.580. The first-order chi connectivity index (χ1) is 7.06. The number of aliphatic hydroxyl groups is 1. The number of nitrogens with two attached hydrogens (primary N) is 1. The van der Waals surface area contributed by atoms with Gasteiger partial charge in [0.2, 0.25) is 5.91 Å². The van der Waals surface area contributed by atoms with Crippen LogP contribution in [0.5, 0.6) is 0 Å². The molecule has 0 spiro atoms. The molecule has 0 heterocycles. The van der Waals surface area contributed by atoms with Crippen molar-refractivity contribution in [3.05, 3.63) is 0 Å². The highest BCUT2D eigenvalue weighted by Crippen LogP contribution is 2.08.